The van der Waals surface area contributed by atoms with Gasteiger partial charge in [-0.3, -0.25) is 0 Å². The number of ether oxygens (including phenoxy) is 2. The Morgan fingerprint density at radius 2 is 1.81 bits per heavy atom. The van der Waals surface area contributed by atoms with Crippen molar-refractivity contribution in [2.75, 3.05) is 6.61 Å². The van der Waals surface area contributed by atoms with Gasteiger partial charge >= 0.3 is 18.2 Å². The van der Waals surface area contributed by atoms with E-state index in [1.165, 1.54) is 18.2 Å². The van der Waals surface area contributed by atoms with E-state index in [9.17, 15) is 31.1 Å². The third-order valence-corrected chi connectivity index (χ3v) is 5.20. The quantitative estimate of drug-likeness (QED) is 0.396. The van der Waals surface area contributed by atoms with E-state index in [4.69, 9.17) is 4.74 Å². The second-order valence-corrected chi connectivity index (χ2v) is 7.16. The first-order chi connectivity index (χ1) is 15.0. The van der Waals surface area contributed by atoms with Crippen LogP contribution in [0.4, 0.5) is 26.3 Å². The molecule has 0 aliphatic carbocycles. The zero-order valence-corrected chi connectivity index (χ0v) is 16.3. The largest absolute Gasteiger partial charge is 0.461 e. The summed E-state index contributed by atoms with van der Waals surface area (Å²) in [6.45, 7) is 1.66. The summed E-state index contributed by atoms with van der Waals surface area (Å²) in [5.74, 6) is -2.10. The van der Waals surface area contributed by atoms with Crippen LogP contribution in [0.15, 0.2) is 53.6 Å². The van der Waals surface area contributed by atoms with E-state index < -0.39 is 47.3 Å². The fourth-order valence-corrected chi connectivity index (χ4v) is 3.37. The molecule has 0 bridgehead atoms. The molecule has 32 heavy (non-hydrogen) atoms. The molecule has 12 heteroatoms. The van der Waals surface area contributed by atoms with E-state index in [0.717, 1.165) is 33.8 Å². The molecule has 0 spiro atoms. The fourth-order valence-electron chi connectivity index (χ4n) is 3.37. The Morgan fingerprint density at radius 3 is 2.38 bits per heavy atom. The van der Waals surface area contributed by atoms with Crippen LogP contribution in [0.2, 0.25) is 0 Å². The van der Waals surface area contributed by atoms with Crippen LogP contribution in [-0.2, 0) is 10.3 Å². The molecule has 3 aromatic rings. The monoisotopic (exact) mass is 459 g/mol. The average Bonchev–Trinajstić information content (AvgIpc) is 3.44. The van der Waals surface area contributed by atoms with Gasteiger partial charge in [0.05, 0.1) is 18.3 Å². The summed E-state index contributed by atoms with van der Waals surface area (Å²) in [4.78, 5) is 12.9. The molecule has 1 aliphatic rings. The van der Waals surface area contributed by atoms with Crippen LogP contribution in [0.1, 0.15) is 18.5 Å². The number of hydrogen-bond acceptors (Lipinski definition) is 4. The molecule has 2 heterocycles. The number of rotatable bonds is 7. The predicted octanol–water partition coefficient (Wildman–Crippen LogP) is 4.04. The summed E-state index contributed by atoms with van der Waals surface area (Å²) < 4.78 is 89.7. The maximum atomic E-state index is 14.3. The summed E-state index contributed by atoms with van der Waals surface area (Å²) in [5.41, 5.74) is -1.59. The lowest BCUT2D eigenvalue weighted by atomic mass is 9.92. The molecule has 4 rings (SSSR count). The van der Waals surface area contributed by atoms with Crippen LogP contribution >= 0.6 is 0 Å². The van der Waals surface area contributed by atoms with Crippen molar-refractivity contribution in [1.82, 2.24) is 14.3 Å². The molecule has 1 aromatic heterocycles. The van der Waals surface area contributed by atoms with Gasteiger partial charge in [-0.25, -0.2) is 22.8 Å². The van der Waals surface area contributed by atoms with E-state index >= 15 is 0 Å². The minimum Gasteiger partial charge on any atom is -0.428 e. The first-order valence-electron chi connectivity index (χ1n) is 9.26. The SMILES string of the molecule is C[C@@H](n1ncn(-c2ccc(OC(F)(F)C(F)F)cc2)c1=O)[C@]1(c2ccc(F)cc2F)CO1. The molecule has 0 unspecified atom stereocenters. The molecule has 0 radical (unpaired) electrons. The van der Waals surface area contributed by atoms with Gasteiger partial charge in [-0.1, -0.05) is 6.07 Å². The van der Waals surface area contributed by atoms with Crippen molar-refractivity contribution in [2.45, 2.75) is 31.1 Å². The summed E-state index contributed by atoms with van der Waals surface area (Å²) in [6, 6.07) is 6.67. The van der Waals surface area contributed by atoms with Crippen LogP contribution < -0.4 is 10.4 Å². The highest BCUT2D eigenvalue weighted by Gasteiger charge is 2.54. The smallest absolute Gasteiger partial charge is 0.428 e. The van der Waals surface area contributed by atoms with Crippen molar-refractivity contribution in [1.29, 1.82) is 0 Å². The van der Waals surface area contributed by atoms with Crippen molar-refractivity contribution >= 4 is 0 Å². The molecular formula is C20H15F6N3O3. The lowest BCUT2D eigenvalue weighted by Crippen LogP contribution is -2.34. The number of nitrogens with zero attached hydrogens (tertiary/aromatic N) is 3. The van der Waals surface area contributed by atoms with Gasteiger partial charge in [0.1, 0.15) is 29.3 Å². The Kier molecular flexibility index (Phi) is 5.27. The van der Waals surface area contributed by atoms with Crippen molar-refractivity contribution < 1.29 is 35.8 Å². The van der Waals surface area contributed by atoms with Crippen LogP contribution in [0.5, 0.6) is 5.75 Å². The van der Waals surface area contributed by atoms with Gasteiger partial charge in [-0.05, 0) is 37.3 Å². The van der Waals surface area contributed by atoms with Crippen LogP contribution in [0.3, 0.4) is 0 Å². The van der Waals surface area contributed by atoms with E-state index in [-0.39, 0.29) is 17.9 Å². The highest BCUT2D eigenvalue weighted by molar-refractivity contribution is 5.37. The maximum absolute atomic E-state index is 14.3. The topological polar surface area (TPSA) is 61.6 Å². The Morgan fingerprint density at radius 1 is 1.16 bits per heavy atom. The van der Waals surface area contributed by atoms with E-state index in [0.29, 0.717) is 6.07 Å². The van der Waals surface area contributed by atoms with Gasteiger partial charge in [0.15, 0.2) is 0 Å². The lowest BCUT2D eigenvalue weighted by Gasteiger charge is -2.20. The molecule has 0 saturated carbocycles. The zero-order valence-electron chi connectivity index (χ0n) is 16.3. The van der Waals surface area contributed by atoms with Gasteiger partial charge in [0.2, 0.25) is 0 Å². The number of hydrogen-bond donors (Lipinski definition) is 0. The summed E-state index contributed by atoms with van der Waals surface area (Å²) >= 11 is 0. The van der Waals surface area contributed by atoms with Gasteiger partial charge in [-0.15, -0.1) is 0 Å². The Labute approximate surface area is 176 Å². The highest BCUT2D eigenvalue weighted by atomic mass is 19.3. The summed E-state index contributed by atoms with van der Waals surface area (Å²) in [5, 5.41) is 4.02. The van der Waals surface area contributed by atoms with Crippen LogP contribution in [-0.4, -0.2) is 33.5 Å². The molecule has 6 nitrogen and oxygen atoms in total. The normalized spacial score (nSPS) is 19.2. The molecule has 1 saturated heterocycles. The van der Waals surface area contributed by atoms with Crippen molar-refractivity contribution in [3.8, 4) is 11.4 Å². The predicted molar refractivity (Wildman–Crippen MR) is 98.1 cm³/mol. The molecule has 2 atom stereocenters. The maximum Gasteiger partial charge on any atom is 0.461 e. The minimum absolute atomic E-state index is 0.0781. The number of benzene rings is 2. The second-order valence-electron chi connectivity index (χ2n) is 7.16. The average molecular weight is 459 g/mol. The molecular weight excluding hydrogens is 444 g/mol. The number of alkyl halides is 4. The first kappa shape index (κ1) is 21.9. The molecule has 1 aliphatic heterocycles. The van der Waals surface area contributed by atoms with Gasteiger partial charge in [-0.2, -0.15) is 22.7 Å². The van der Waals surface area contributed by atoms with Crippen molar-refractivity contribution in [2.24, 2.45) is 0 Å². The summed E-state index contributed by atoms with van der Waals surface area (Å²) in [7, 11) is 0. The molecule has 2 aromatic carbocycles. The summed E-state index contributed by atoms with van der Waals surface area (Å²) in [6.07, 6.45) is -7.51. The van der Waals surface area contributed by atoms with Gasteiger partial charge in [0, 0.05) is 11.6 Å². The standard InChI is InChI=1S/C20H15F6N3O3/c1-11(19(9-31-19)15-7-2-12(21)8-16(15)22)29-18(30)28(10-27-29)13-3-5-14(6-4-13)32-20(25,26)17(23)24/h2-8,10-11,17H,9H2,1H3/t11-,19+/m1/s1. The van der Waals surface area contributed by atoms with Crippen LogP contribution in [0.25, 0.3) is 5.69 Å². The van der Waals surface area contributed by atoms with Gasteiger partial charge in [0.25, 0.3) is 0 Å². The minimum atomic E-state index is -4.66. The molecule has 0 amide bonds. The number of aromatic nitrogens is 3. The third-order valence-electron chi connectivity index (χ3n) is 5.20. The van der Waals surface area contributed by atoms with Crippen molar-refractivity contribution in [3.63, 3.8) is 0 Å². The fraction of sp³-hybridized carbons (Fsp3) is 0.300. The van der Waals surface area contributed by atoms with Crippen LogP contribution in [0, 0.1) is 11.6 Å². The van der Waals surface area contributed by atoms with E-state index in [1.807, 2.05) is 0 Å². The van der Waals surface area contributed by atoms with E-state index in [2.05, 4.69) is 9.84 Å². The van der Waals surface area contributed by atoms with Crippen molar-refractivity contribution in [3.05, 3.63) is 76.5 Å². The van der Waals surface area contributed by atoms with E-state index in [1.54, 1.807) is 6.92 Å². The molecule has 170 valence electrons. The first-order valence-corrected chi connectivity index (χ1v) is 9.26. The van der Waals surface area contributed by atoms with Gasteiger partial charge < -0.3 is 9.47 Å². The highest BCUT2D eigenvalue weighted by Crippen LogP contribution is 2.48. The Balaban J connectivity index is 1.59. The third kappa shape index (κ3) is 3.74. The Hall–Kier alpha value is -3.28. The molecule has 0 N–H and O–H groups in total. The lowest BCUT2D eigenvalue weighted by molar-refractivity contribution is -0.253. The number of epoxide rings is 1. The number of halogens is 6. The zero-order chi connectivity index (χ0) is 23.3. The second kappa shape index (κ2) is 7.69. The Bertz CT molecular complexity index is 1190. The molecule has 1 fully saturated rings.